The van der Waals surface area contributed by atoms with Crippen molar-refractivity contribution in [3.05, 3.63) is 23.8 Å². The Morgan fingerprint density at radius 1 is 1.33 bits per heavy atom. The summed E-state index contributed by atoms with van der Waals surface area (Å²) in [5.41, 5.74) is 6.52. The Bertz CT molecular complexity index is 769. The Morgan fingerprint density at radius 3 is 2.53 bits per heavy atom. The molecule has 1 aliphatic heterocycles. The summed E-state index contributed by atoms with van der Waals surface area (Å²) in [7, 11) is 1.64. The van der Waals surface area contributed by atoms with Crippen LogP contribution < -0.4 is 15.2 Å². The van der Waals surface area contributed by atoms with E-state index in [4.69, 9.17) is 15.2 Å². The van der Waals surface area contributed by atoms with Crippen molar-refractivity contribution < 1.29 is 19.4 Å². The van der Waals surface area contributed by atoms with E-state index in [1.54, 1.807) is 14.0 Å². The number of aliphatic hydroxyl groups excluding tert-OH is 1. The normalized spacial score (nSPS) is 26.4. The molecule has 2 aliphatic rings. The van der Waals surface area contributed by atoms with Crippen molar-refractivity contribution in [3.8, 4) is 11.5 Å². The minimum atomic E-state index is -0.581. The SMILES string of the molecule is COc1ccc([C@@H]2CN(C(=O)C(N)C(C)(C)C)C[C@@]2(C)[C@@H](C)O)cc1OCC1CC1. The van der Waals surface area contributed by atoms with Crippen molar-refractivity contribution in [1.29, 1.82) is 0 Å². The molecular formula is C24H38N2O4. The number of nitrogens with two attached hydrogens (primary N) is 1. The number of ether oxygens (including phenoxy) is 2. The first-order valence-electron chi connectivity index (χ1n) is 11.0. The highest BCUT2D eigenvalue weighted by atomic mass is 16.5. The molecular weight excluding hydrogens is 380 g/mol. The summed E-state index contributed by atoms with van der Waals surface area (Å²) in [6, 6.07) is 5.38. The largest absolute Gasteiger partial charge is 0.493 e. The summed E-state index contributed by atoms with van der Waals surface area (Å²) in [6.07, 6.45) is 1.86. The van der Waals surface area contributed by atoms with Crippen LogP contribution in [0.25, 0.3) is 0 Å². The van der Waals surface area contributed by atoms with Gasteiger partial charge in [-0.3, -0.25) is 4.79 Å². The third kappa shape index (κ3) is 4.59. The van der Waals surface area contributed by atoms with E-state index in [0.29, 0.717) is 31.4 Å². The second kappa shape index (κ2) is 8.39. The molecule has 1 saturated carbocycles. The van der Waals surface area contributed by atoms with Crippen LogP contribution in [0, 0.1) is 16.7 Å². The first-order chi connectivity index (χ1) is 14.0. The van der Waals surface area contributed by atoms with Gasteiger partial charge in [-0.2, -0.15) is 0 Å². The predicted molar refractivity (Wildman–Crippen MR) is 118 cm³/mol. The molecule has 1 unspecified atom stereocenters. The average molecular weight is 419 g/mol. The van der Waals surface area contributed by atoms with E-state index in [9.17, 15) is 9.90 Å². The molecule has 0 radical (unpaired) electrons. The van der Waals surface area contributed by atoms with Gasteiger partial charge in [-0.25, -0.2) is 0 Å². The first kappa shape index (κ1) is 22.9. The van der Waals surface area contributed by atoms with Crippen molar-refractivity contribution in [3.63, 3.8) is 0 Å². The lowest BCUT2D eigenvalue weighted by atomic mass is 9.72. The number of likely N-dealkylation sites (tertiary alicyclic amines) is 1. The van der Waals surface area contributed by atoms with Crippen molar-refractivity contribution in [2.45, 2.75) is 65.5 Å². The zero-order chi connectivity index (χ0) is 22.3. The van der Waals surface area contributed by atoms with Gasteiger partial charge < -0.3 is 25.2 Å². The highest BCUT2D eigenvalue weighted by Gasteiger charge is 2.49. The van der Waals surface area contributed by atoms with E-state index in [2.05, 4.69) is 0 Å². The number of methoxy groups -OCH3 is 1. The predicted octanol–water partition coefficient (Wildman–Crippen LogP) is 3.17. The van der Waals surface area contributed by atoms with Gasteiger partial charge in [0.1, 0.15) is 0 Å². The highest BCUT2D eigenvalue weighted by Crippen LogP contribution is 2.47. The number of hydrogen-bond donors (Lipinski definition) is 2. The Labute approximate surface area is 180 Å². The van der Waals surface area contributed by atoms with E-state index >= 15 is 0 Å². The molecule has 1 aliphatic carbocycles. The van der Waals surface area contributed by atoms with Crippen LogP contribution in [0.1, 0.15) is 58.9 Å². The fourth-order valence-corrected chi connectivity index (χ4v) is 4.17. The second-order valence-corrected chi connectivity index (χ2v) is 10.5. The number of benzene rings is 1. The molecule has 0 spiro atoms. The molecule has 1 saturated heterocycles. The third-order valence-electron chi connectivity index (χ3n) is 6.96. The van der Waals surface area contributed by atoms with Crippen molar-refractivity contribution in [2.24, 2.45) is 22.5 Å². The minimum Gasteiger partial charge on any atom is -0.493 e. The van der Waals surface area contributed by atoms with Gasteiger partial charge in [-0.15, -0.1) is 0 Å². The number of amides is 1. The molecule has 1 heterocycles. The molecule has 2 fully saturated rings. The van der Waals surface area contributed by atoms with Crippen LogP contribution in [-0.4, -0.2) is 54.9 Å². The minimum absolute atomic E-state index is 0.0252. The molecule has 3 rings (SSSR count). The smallest absolute Gasteiger partial charge is 0.240 e. The quantitative estimate of drug-likeness (QED) is 0.710. The van der Waals surface area contributed by atoms with Crippen molar-refractivity contribution in [2.75, 3.05) is 26.8 Å². The number of rotatable bonds is 7. The fourth-order valence-electron chi connectivity index (χ4n) is 4.17. The standard InChI is InChI=1S/C24H38N2O4/c1-15(27)24(5)14-26(22(28)21(25)23(2,3)4)12-18(24)17-9-10-19(29-6)20(11-17)30-13-16-7-8-16/h9-11,15-16,18,21,27H,7-8,12-14,25H2,1-6H3/t15-,18+,21?,24+/m1/s1. The van der Waals surface area contributed by atoms with Gasteiger partial charge in [0.15, 0.2) is 11.5 Å². The zero-order valence-electron chi connectivity index (χ0n) is 19.3. The number of nitrogens with zero attached hydrogens (tertiary/aromatic N) is 1. The lowest BCUT2D eigenvalue weighted by Gasteiger charge is -2.34. The van der Waals surface area contributed by atoms with E-state index < -0.39 is 17.6 Å². The molecule has 1 aromatic carbocycles. The summed E-state index contributed by atoms with van der Waals surface area (Å²) < 4.78 is 11.5. The van der Waals surface area contributed by atoms with Crippen molar-refractivity contribution in [1.82, 2.24) is 4.90 Å². The second-order valence-electron chi connectivity index (χ2n) is 10.5. The lowest BCUT2D eigenvalue weighted by molar-refractivity contribution is -0.134. The summed E-state index contributed by atoms with van der Waals surface area (Å²) in [5, 5.41) is 10.7. The molecule has 0 aromatic heterocycles. The lowest BCUT2D eigenvalue weighted by Crippen LogP contribution is -2.50. The van der Waals surface area contributed by atoms with Crippen molar-refractivity contribution >= 4 is 5.91 Å². The molecule has 3 N–H and O–H groups in total. The van der Waals surface area contributed by atoms with Crippen LogP contribution in [0.15, 0.2) is 18.2 Å². The van der Waals surface area contributed by atoms with E-state index in [0.717, 1.165) is 11.3 Å². The van der Waals surface area contributed by atoms with Gasteiger partial charge >= 0.3 is 0 Å². The maximum absolute atomic E-state index is 13.1. The van der Waals surface area contributed by atoms with Crippen LogP contribution in [0.2, 0.25) is 0 Å². The highest BCUT2D eigenvalue weighted by molar-refractivity contribution is 5.83. The summed E-state index contributed by atoms with van der Waals surface area (Å²) in [5.74, 6) is 1.99. The van der Waals surface area contributed by atoms with Gasteiger partial charge in [-0.05, 0) is 48.8 Å². The van der Waals surface area contributed by atoms with Crippen LogP contribution in [0.3, 0.4) is 0 Å². The first-order valence-corrected chi connectivity index (χ1v) is 11.0. The number of carbonyl (C=O) groups excluding carboxylic acids is 1. The Hall–Kier alpha value is -1.79. The van der Waals surface area contributed by atoms with Crippen LogP contribution in [0.4, 0.5) is 0 Å². The monoisotopic (exact) mass is 418 g/mol. The maximum atomic E-state index is 13.1. The topological polar surface area (TPSA) is 85.0 Å². The fraction of sp³-hybridized carbons (Fsp3) is 0.708. The van der Waals surface area contributed by atoms with E-state index in [-0.39, 0.29) is 17.2 Å². The Balaban J connectivity index is 1.88. The van der Waals surface area contributed by atoms with Gasteiger partial charge in [0.2, 0.25) is 5.91 Å². The number of carbonyl (C=O) groups is 1. The maximum Gasteiger partial charge on any atom is 0.240 e. The van der Waals surface area contributed by atoms with Gasteiger partial charge in [0.25, 0.3) is 0 Å². The number of hydrogen-bond acceptors (Lipinski definition) is 5. The molecule has 4 atom stereocenters. The van der Waals surface area contributed by atoms with Gasteiger partial charge in [-0.1, -0.05) is 33.8 Å². The van der Waals surface area contributed by atoms with Gasteiger partial charge in [0, 0.05) is 24.4 Å². The molecule has 168 valence electrons. The summed E-state index contributed by atoms with van der Waals surface area (Å²) in [6.45, 7) is 11.5. The summed E-state index contributed by atoms with van der Waals surface area (Å²) in [4.78, 5) is 14.9. The third-order valence-corrected chi connectivity index (χ3v) is 6.96. The van der Waals surface area contributed by atoms with E-state index in [1.165, 1.54) is 12.8 Å². The van der Waals surface area contributed by atoms with Crippen LogP contribution >= 0.6 is 0 Å². The molecule has 30 heavy (non-hydrogen) atoms. The number of aliphatic hydroxyl groups is 1. The molecule has 1 amide bonds. The summed E-state index contributed by atoms with van der Waals surface area (Å²) >= 11 is 0. The van der Waals surface area contributed by atoms with Gasteiger partial charge in [0.05, 0.1) is 25.9 Å². The van der Waals surface area contributed by atoms with Crippen LogP contribution in [0.5, 0.6) is 11.5 Å². The Morgan fingerprint density at radius 2 is 2.00 bits per heavy atom. The molecule has 1 aromatic rings. The Kier molecular flexibility index (Phi) is 6.40. The molecule has 6 nitrogen and oxygen atoms in total. The van der Waals surface area contributed by atoms with Crippen LogP contribution in [-0.2, 0) is 4.79 Å². The molecule has 0 bridgehead atoms. The molecule has 6 heteroatoms. The zero-order valence-corrected chi connectivity index (χ0v) is 19.3. The average Bonchev–Trinajstić information content (AvgIpc) is 3.45. The van der Waals surface area contributed by atoms with E-state index in [1.807, 2.05) is 50.8 Å².